The molecule has 2 aromatic rings. The van der Waals surface area contributed by atoms with E-state index in [2.05, 4.69) is 49.7 Å². The molecule has 1 N–H and O–H groups in total. The minimum absolute atomic E-state index is 0.434. The maximum atomic E-state index is 10.1. The maximum absolute atomic E-state index is 10.1. The molecular formula is C16H23NO. The van der Waals surface area contributed by atoms with Crippen LogP contribution in [0.25, 0.3) is 10.9 Å². The summed E-state index contributed by atoms with van der Waals surface area (Å²) in [6, 6.07) is 6.81. The van der Waals surface area contributed by atoms with Gasteiger partial charge in [-0.2, -0.15) is 0 Å². The first-order valence-electron chi connectivity index (χ1n) is 6.61. The van der Waals surface area contributed by atoms with Gasteiger partial charge in [-0.05, 0) is 45.7 Å². The summed E-state index contributed by atoms with van der Waals surface area (Å²) in [6.07, 6.45) is 2.89. The van der Waals surface area contributed by atoms with E-state index >= 15 is 0 Å². The van der Waals surface area contributed by atoms with Crippen molar-refractivity contribution in [3.63, 3.8) is 0 Å². The molecule has 0 fully saturated rings. The van der Waals surface area contributed by atoms with Crippen molar-refractivity contribution in [1.82, 2.24) is 4.57 Å². The number of fused-ring (bicyclic) bond motifs is 1. The van der Waals surface area contributed by atoms with Crippen molar-refractivity contribution >= 4 is 10.9 Å². The molecular weight excluding hydrogens is 222 g/mol. The van der Waals surface area contributed by atoms with E-state index in [1.54, 1.807) is 0 Å². The van der Waals surface area contributed by atoms with E-state index < -0.39 is 5.60 Å². The molecule has 18 heavy (non-hydrogen) atoms. The Bertz CT molecular complexity index is 558. The zero-order valence-electron chi connectivity index (χ0n) is 12.0. The number of hydrogen-bond donors (Lipinski definition) is 1. The molecule has 0 saturated carbocycles. The third-order valence-corrected chi connectivity index (χ3v) is 3.31. The molecule has 1 heterocycles. The van der Waals surface area contributed by atoms with Gasteiger partial charge in [0.15, 0.2) is 0 Å². The molecule has 0 unspecified atom stereocenters. The van der Waals surface area contributed by atoms with Crippen LogP contribution in [0.1, 0.15) is 44.9 Å². The topological polar surface area (TPSA) is 25.2 Å². The van der Waals surface area contributed by atoms with Crippen molar-refractivity contribution in [3.8, 4) is 0 Å². The van der Waals surface area contributed by atoms with Gasteiger partial charge in [-0.25, -0.2) is 0 Å². The Labute approximate surface area is 109 Å². The van der Waals surface area contributed by atoms with Crippen molar-refractivity contribution in [3.05, 3.63) is 35.5 Å². The summed E-state index contributed by atoms with van der Waals surface area (Å²) >= 11 is 0. The fraction of sp³-hybridized carbons (Fsp3) is 0.500. The van der Waals surface area contributed by atoms with Gasteiger partial charge in [-0.3, -0.25) is 0 Å². The molecule has 2 heteroatoms. The predicted molar refractivity (Wildman–Crippen MR) is 77.1 cm³/mol. The van der Waals surface area contributed by atoms with Gasteiger partial charge in [0.1, 0.15) is 0 Å². The fourth-order valence-corrected chi connectivity index (χ4v) is 2.57. The van der Waals surface area contributed by atoms with Crippen molar-refractivity contribution in [2.75, 3.05) is 0 Å². The molecule has 0 aliphatic heterocycles. The average molecular weight is 245 g/mol. The van der Waals surface area contributed by atoms with Gasteiger partial charge in [-0.1, -0.05) is 18.2 Å². The second-order valence-corrected chi connectivity index (χ2v) is 6.12. The molecule has 0 aliphatic carbocycles. The number of nitrogens with zero attached hydrogens (tertiary/aromatic N) is 1. The highest BCUT2D eigenvalue weighted by molar-refractivity contribution is 5.87. The second kappa shape index (κ2) is 4.43. The van der Waals surface area contributed by atoms with Crippen LogP contribution in [-0.2, 0) is 6.42 Å². The standard InChI is InChI=1S/C16H23NO/c1-11(2)17-10-12(3)14-8-6-7-13(15(14)17)9-16(4,5)18/h6-8,10-11,18H,9H2,1-5H3. The van der Waals surface area contributed by atoms with E-state index in [-0.39, 0.29) is 0 Å². The van der Waals surface area contributed by atoms with Crippen molar-refractivity contribution in [2.24, 2.45) is 0 Å². The third-order valence-electron chi connectivity index (χ3n) is 3.31. The van der Waals surface area contributed by atoms with E-state index in [4.69, 9.17) is 0 Å². The summed E-state index contributed by atoms with van der Waals surface area (Å²) in [6.45, 7) is 10.3. The summed E-state index contributed by atoms with van der Waals surface area (Å²) in [7, 11) is 0. The van der Waals surface area contributed by atoms with Crippen LogP contribution in [0.3, 0.4) is 0 Å². The van der Waals surface area contributed by atoms with E-state index in [9.17, 15) is 5.11 Å². The number of benzene rings is 1. The van der Waals surface area contributed by atoms with Crippen LogP contribution in [0.5, 0.6) is 0 Å². The smallest absolute Gasteiger partial charge is 0.0632 e. The van der Waals surface area contributed by atoms with Crippen LogP contribution in [0.15, 0.2) is 24.4 Å². The normalized spacial score (nSPS) is 12.6. The van der Waals surface area contributed by atoms with E-state index in [0.29, 0.717) is 12.5 Å². The van der Waals surface area contributed by atoms with E-state index in [1.165, 1.54) is 22.0 Å². The highest BCUT2D eigenvalue weighted by Gasteiger charge is 2.18. The van der Waals surface area contributed by atoms with E-state index in [0.717, 1.165) is 0 Å². The summed E-state index contributed by atoms with van der Waals surface area (Å²) in [5.41, 5.74) is 3.12. The summed E-state index contributed by atoms with van der Waals surface area (Å²) in [5, 5.41) is 11.4. The van der Waals surface area contributed by atoms with Gasteiger partial charge in [0, 0.05) is 24.0 Å². The molecule has 0 atom stereocenters. The number of aromatic nitrogens is 1. The lowest BCUT2D eigenvalue weighted by atomic mass is 9.96. The van der Waals surface area contributed by atoms with Crippen molar-refractivity contribution in [1.29, 1.82) is 0 Å². The van der Waals surface area contributed by atoms with Gasteiger partial charge in [0.25, 0.3) is 0 Å². The molecule has 0 radical (unpaired) electrons. The third kappa shape index (κ3) is 2.44. The monoisotopic (exact) mass is 245 g/mol. The highest BCUT2D eigenvalue weighted by atomic mass is 16.3. The zero-order chi connectivity index (χ0) is 13.5. The summed E-state index contributed by atoms with van der Waals surface area (Å²) in [5.74, 6) is 0. The van der Waals surface area contributed by atoms with Crippen LogP contribution in [-0.4, -0.2) is 15.3 Å². The van der Waals surface area contributed by atoms with Gasteiger partial charge >= 0.3 is 0 Å². The second-order valence-electron chi connectivity index (χ2n) is 6.12. The van der Waals surface area contributed by atoms with Crippen LogP contribution >= 0.6 is 0 Å². The molecule has 0 spiro atoms. The maximum Gasteiger partial charge on any atom is 0.0632 e. The number of rotatable bonds is 3. The first-order valence-corrected chi connectivity index (χ1v) is 6.61. The Hall–Kier alpha value is -1.28. The molecule has 1 aromatic heterocycles. The summed E-state index contributed by atoms with van der Waals surface area (Å²) in [4.78, 5) is 0. The van der Waals surface area contributed by atoms with Crippen molar-refractivity contribution < 1.29 is 5.11 Å². The van der Waals surface area contributed by atoms with Gasteiger partial charge in [0.2, 0.25) is 0 Å². The largest absolute Gasteiger partial charge is 0.390 e. The zero-order valence-corrected chi connectivity index (χ0v) is 12.0. The molecule has 0 saturated heterocycles. The summed E-state index contributed by atoms with van der Waals surface area (Å²) < 4.78 is 2.31. The van der Waals surface area contributed by atoms with Gasteiger partial charge < -0.3 is 9.67 Å². The molecule has 98 valence electrons. The molecule has 2 nitrogen and oxygen atoms in total. The Balaban J connectivity index is 2.66. The average Bonchev–Trinajstić information content (AvgIpc) is 2.55. The Kier molecular flexibility index (Phi) is 3.24. The minimum atomic E-state index is -0.672. The molecule has 2 rings (SSSR count). The highest BCUT2D eigenvalue weighted by Crippen LogP contribution is 2.29. The number of aliphatic hydroxyl groups is 1. The van der Waals surface area contributed by atoms with Crippen molar-refractivity contribution in [2.45, 2.75) is 52.7 Å². The number of aryl methyl sites for hydroxylation is 1. The van der Waals surface area contributed by atoms with Crippen LogP contribution in [0, 0.1) is 6.92 Å². The van der Waals surface area contributed by atoms with Crippen LogP contribution in [0.4, 0.5) is 0 Å². The van der Waals surface area contributed by atoms with Crippen LogP contribution in [0.2, 0.25) is 0 Å². The predicted octanol–water partition coefficient (Wildman–Crippen LogP) is 3.84. The quantitative estimate of drug-likeness (QED) is 0.873. The first-order chi connectivity index (χ1) is 8.29. The Morgan fingerprint density at radius 3 is 2.50 bits per heavy atom. The van der Waals surface area contributed by atoms with Gasteiger partial charge in [-0.15, -0.1) is 0 Å². The lowest BCUT2D eigenvalue weighted by Gasteiger charge is -2.19. The minimum Gasteiger partial charge on any atom is -0.390 e. The lowest BCUT2D eigenvalue weighted by molar-refractivity contribution is 0.0812. The SMILES string of the molecule is Cc1cn(C(C)C)c2c(CC(C)(C)O)cccc12. The molecule has 0 bridgehead atoms. The number of para-hydroxylation sites is 1. The lowest BCUT2D eigenvalue weighted by Crippen LogP contribution is -2.22. The fourth-order valence-electron chi connectivity index (χ4n) is 2.57. The Morgan fingerprint density at radius 2 is 1.94 bits per heavy atom. The van der Waals surface area contributed by atoms with Gasteiger partial charge in [0.05, 0.1) is 11.1 Å². The Morgan fingerprint density at radius 1 is 1.28 bits per heavy atom. The number of hydrogen-bond acceptors (Lipinski definition) is 1. The molecule has 1 aromatic carbocycles. The van der Waals surface area contributed by atoms with E-state index in [1.807, 2.05) is 13.8 Å². The first kappa shape index (κ1) is 13.2. The van der Waals surface area contributed by atoms with Crippen LogP contribution < -0.4 is 0 Å². The molecule has 0 amide bonds. The molecule has 0 aliphatic rings.